The van der Waals surface area contributed by atoms with Crippen LogP contribution in [0.15, 0.2) is 0 Å². The van der Waals surface area contributed by atoms with E-state index in [0.29, 0.717) is 19.1 Å². The summed E-state index contributed by atoms with van der Waals surface area (Å²) in [6.07, 6.45) is 4.35. The SMILES string of the molecule is CCCCCCC(CC=O)S(=O)(=O)[O-]. The van der Waals surface area contributed by atoms with Gasteiger partial charge in [-0.3, -0.25) is 0 Å². The van der Waals surface area contributed by atoms with E-state index in [-0.39, 0.29) is 6.42 Å². The number of hydrogen-bond acceptors (Lipinski definition) is 4. The van der Waals surface area contributed by atoms with Gasteiger partial charge in [-0.1, -0.05) is 32.6 Å². The van der Waals surface area contributed by atoms with Gasteiger partial charge < -0.3 is 9.35 Å². The Morgan fingerprint density at radius 3 is 2.36 bits per heavy atom. The molecule has 0 aliphatic heterocycles. The van der Waals surface area contributed by atoms with Crippen molar-refractivity contribution in [3.8, 4) is 0 Å². The van der Waals surface area contributed by atoms with Crippen LogP contribution in [-0.2, 0) is 14.9 Å². The summed E-state index contributed by atoms with van der Waals surface area (Å²) in [7, 11) is -4.30. The van der Waals surface area contributed by atoms with Gasteiger partial charge in [0.1, 0.15) is 6.29 Å². The summed E-state index contributed by atoms with van der Waals surface area (Å²) in [5, 5.41) is -1.02. The first kappa shape index (κ1) is 13.6. The highest BCUT2D eigenvalue weighted by atomic mass is 32.2. The normalized spacial score (nSPS) is 13.9. The number of carbonyl (C=O) groups is 1. The van der Waals surface area contributed by atoms with Crippen molar-refractivity contribution in [3.05, 3.63) is 0 Å². The highest BCUT2D eigenvalue weighted by Gasteiger charge is 2.14. The minimum atomic E-state index is -4.30. The Balaban J connectivity index is 3.93. The second-order valence-electron chi connectivity index (χ2n) is 3.37. The van der Waals surface area contributed by atoms with Crippen LogP contribution >= 0.6 is 0 Å². The van der Waals surface area contributed by atoms with Crippen LogP contribution in [0.1, 0.15) is 45.4 Å². The molecule has 0 heterocycles. The average molecular weight is 221 g/mol. The topological polar surface area (TPSA) is 74.3 Å². The van der Waals surface area contributed by atoms with Crippen LogP contribution in [0, 0.1) is 0 Å². The Labute approximate surface area is 85.4 Å². The average Bonchev–Trinajstić information content (AvgIpc) is 2.08. The lowest BCUT2D eigenvalue weighted by Gasteiger charge is -2.17. The standard InChI is InChI=1S/C9H18O4S/c1-2-3-4-5-6-9(7-8-10)14(11,12)13/h8-9H,2-7H2,1H3,(H,11,12,13)/p-1. The van der Waals surface area contributed by atoms with Crippen molar-refractivity contribution in [1.82, 2.24) is 0 Å². The zero-order valence-electron chi connectivity index (χ0n) is 8.44. The lowest BCUT2D eigenvalue weighted by Crippen LogP contribution is -2.21. The van der Waals surface area contributed by atoms with Gasteiger partial charge in [-0.05, 0) is 6.42 Å². The fraction of sp³-hybridized carbons (Fsp3) is 0.889. The molecule has 0 radical (unpaired) electrons. The first-order valence-electron chi connectivity index (χ1n) is 4.90. The number of hydrogen-bond donors (Lipinski definition) is 0. The van der Waals surface area contributed by atoms with Crippen LogP contribution in [-0.4, -0.2) is 24.5 Å². The maximum atomic E-state index is 10.7. The third kappa shape index (κ3) is 6.10. The lowest BCUT2D eigenvalue weighted by atomic mass is 10.1. The van der Waals surface area contributed by atoms with E-state index in [9.17, 15) is 17.8 Å². The molecular weight excluding hydrogens is 204 g/mol. The van der Waals surface area contributed by atoms with Gasteiger partial charge in [0.2, 0.25) is 0 Å². The van der Waals surface area contributed by atoms with Gasteiger partial charge >= 0.3 is 0 Å². The molecule has 0 N–H and O–H groups in total. The van der Waals surface area contributed by atoms with E-state index in [1.807, 2.05) is 6.92 Å². The van der Waals surface area contributed by atoms with E-state index >= 15 is 0 Å². The molecule has 0 amide bonds. The molecule has 0 aromatic heterocycles. The minimum Gasteiger partial charge on any atom is -0.748 e. The van der Waals surface area contributed by atoms with E-state index in [2.05, 4.69) is 0 Å². The molecule has 0 aromatic rings. The Morgan fingerprint density at radius 1 is 1.29 bits per heavy atom. The van der Waals surface area contributed by atoms with Crippen LogP contribution in [0.3, 0.4) is 0 Å². The van der Waals surface area contributed by atoms with Crippen LogP contribution < -0.4 is 0 Å². The Morgan fingerprint density at radius 2 is 1.93 bits per heavy atom. The van der Waals surface area contributed by atoms with Crippen molar-refractivity contribution in [2.75, 3.05) is 0 Å². The molecule has 0 aliphatic carbocycles. The fourth-order valence-corrected chi connectivity index (χ4v) is 2.06. The molecule has 0 saturated heterocycles. The second-order valence-corrected chi connectivity index (χ2v) is 5.02. The highest BCUT2D eigenvalue weighted by Crippen LogP contribution is 2.13. The van der Waals surface area contributed by atoms with E-state index in [0.717, 1.165) is 19.3 Å². The van der Waals surface area contributed by atoms with Crippen molar-refractivity contribution in [3.63, 3.8) is 0 Å². The predicted octanol–water partition coefficient (Wildman–Crippen LogP) is 1.46. The zero-order valence-corrected chi connectivity index (χ0v) is 9.26. The summed E-state index contributed by atoms with van der Waals surface area (Å²) in [5.74, 6) is 0. The van der Waals surface area contributed by atoms with E-state index in [1.165, 1.54) is 0 Å². The number of carbonyl (C=O) groups excluding carboxylic acids is 1. The molecule has 4 nitrogen and oxygen atoms in total. The van der Waals surface area contributed by atoms with Crippen LogP contribution in [0.5, 0.6) is 0 Å². The largest absolute Gasteiger partial charge is 0.748 e. The molecule has 1 atom stereocenters. The van der Waals surface area contributed by atoms with Crippen molar-refractivity contribution in [1.29, 1.82) is 0 Å². The van der Waals surface area contributed by atoms with Gasteiger partial charge in [0, 0.05) is 6.42 Å². The van der Waals surface area contributed by atoms with Crippen molar-refractivity contribution >= 4 is 16.4 Å². The number of aldehydes is 1. The minimum absolute atomic E-state index is 0.169. The molecule has 1 unspecified atom stereocenters. The molecule has 14 heavy (non-hydrogen) atoms. The van der Waals surface area contributed by atoms with Gasteiger partial charge in [-0.2, -0.15) is 0 Å². The molecule has 0 bridgehead atoms. The predicted molar refractivity (Wildman–Crippen MR) is 52.9 cm³/mol. The van der Waals surface area contributed by atoms with Gasteiger partial charge in [0.15, 0.2) is 0 Å². The quantitative estimate of drug-likeness (QED) is 0.353. The Kier molecular flexibility index (Phi) is 6.74. The second kappa shape index (κ2) is 6.95. The van der Waals surface area contributed by atoms with E-state index in [1.54, 1.807) is 0 Å². The molecule has 0 rings (SSSR count). The molecular formula is C9H17O4S-. The lowest BCUT2D eigenvalue weighted by molar-refractivity contribution is -0.107. The molecule has 0 aromatic carbocycles. The van der Waals surface area contributed by atoms with Gasteiger partial charge in [0.25, 0.3) is 0 Å². The third-order valence-corrected chi connectivity index (χ3v) is 3.39. The van der Waals surface area contributed by atoms with E-state index in [4.69, 9.17) is 0 Å². The molecule has 0 saturated carbocycles. The molecule has 0 spiro atoms. The molecule has 5 heteroatoms. The highest BCUT2D eigenvalue weighted by molar-refractivity contribution is 7.86. The first-order valence-corrected chi connectivity index (χ1v) is 6.37. The summed E-state index contributed by atoms with van der Waals surface area (Å²) in [6, 6.07) is 0. The van der Waals surface area contributed by atoms with Crippen molar-refractivity contribution < 1.29 is 17.8 Å². The van der Waals surface area contributed by atoms with Gasteiger partial charge in [-0.25, -0.2) is 8.42 Å². The summed E-state index contributed by atoms with van der Waals surface area (Å²) < 4.78 is 32.0. The zero-order chi connectivity index (χ0) is 11.0. The van der Waals surface area contributed by atoms with Gasteiger partial charge in [-0.15, -0.1) is 0 Å². The maximum Gasteiger partial charge on any atom is 0.121 e. The summed E-state index contributed by atoms with van der Waals surface area (Å²) >= 11 is 0. The monoisotopic (exact) mass is 221 g/mol. The summed E-state index contributed by atoms with van der Waals surface area (Å²) in [5.41, 5.74) is 0. The number of rotatable bonds is 8. The summed E-state index contributed by atoms with van der Waals surface area (Å²) in [4.78, 5) is 10.1. The van der Waals surface area contributed by atoms with E-state index < -0.39 is 15.4 Å². The third-order valence-electron chi connectivity index (χ3n) is 2.15. The fourth-order valence-electron chi connectivity index (χ4n) is 1.29. The summed E-state index contributed by atoms with van der Waals surface area (Å²) in [6.45, 7) is 2.05. The maximum absolute atomic E-state index is 10.7. The molecule has 0 fully saturated rings. The smallest absolute Gasteiger partial charge is 0.121 e. The van der Waals surface area contributed by atoms with Crippen LogP contribution in [0.4, 0.5) is 0 Å². The van der Waals surface area contributed by atoms with Gasteiger partial charge in [0.05, 0.1) is 15.4 Å². The Bertz CT molecular complexity index is 246. The van der Waals surface area contributed by atoms with Crippen LogP contribution in [0.2, 0.25) is 0 Å². The van der Waals surface area contributed by atoms with Crippen LogP contribution in [0.25, 0.3) is 0 Å². The Hall–Kier alpha value is -0.420. The molecule has 0 aliphatic rings. The van der Waals surface area contributed by atoms with Crippen molar-refractivity contribution in [2.24, 2.45) is 0 Å². The molecule has 84 valence electrons. The number of unbranched alkanes of at least 4 members (excludes halogenated alkanes) is 3. The first-order chi connectivity index (χ1) is 6.52. The van der Waals surface area contributed by atoms with Crippen molar-refractivity contribution in [2.45, 2.75) is 50.7 Å².